The van der Waals surface area contributed by atoms with Crippen molar-refractivity contribution in [2.45, 2.75) is 50.3 Å². The SMILES string of the molecule is CC1CCC(C(C)(C)c2cc(Br)ccc2F)C(Br)C1. The summed E-state index contributed by atoms with van der Waals surface area (Å²) in [5.74, 6) is 1.16. The number of benzene rings is 1. The Labute approximate surface area is 132 Å². The third-order valence-corrected chi connectivity index (χ3v) is 6.09. The number of hydrogen-bond acceptors (Lipinski definition) is 0. The first-order valence-corrected chi connectivity index (χ1v) is 8.63. The van der Waals surface area contributed by atoms with Crippen molar-refractivity contribution in [3.8, 4) is 0 Å². The van der Waals surface area contributed by atoms with Crippen LogP contribution in [0.4, 0.5) is 4.39 Å². The Morgan fingerprint density at radius 2 is 1.95 bits per heavy atom. The monoisotopic (exact) mass is 390 g/mol. The second-order valence-corrected chi connectivity index (χ2v) is 8.48. The van der Waals surface area contributed by atoms with Gasteiger partial charge in [-0.1, -0.05) is 59.1 Å². The molecule has 1 aromatic carbocycles. The van der Waals surface area contributed by atoms with Crippen LogP contribution in [0.5, 0.6) is 0 Å². The van der Waals surface area contributed by atoms with Crippen LogP contribution < -0.4 is 0 Å². The fraction of sp³-hybridized carbons (Fsp3) is 0.625. The van der Waals surface area contributed by atoms with Crippen LogP contribution in [0.25, 0.3) is 0 Å². The molecule has 19 heavy (non-hydrogen) atoms. The quantitative estimate of drug-likeness (QED) is 0.537. The van der Waals surface area contributed by atoms with Gasteiger partial charge in [0.25, 0.3) is 0 Å². The maximum Gasteiger partial charge on any atom is 0.127 e. The van der Waals surface area contributed by atoms with Crippen LogP contribution in [0.1, 0.15) is 45.6 Å². The third kappa shape index (κ3) is 3.24. The lowest BCUT2D eigenvalue weighted by atomic mass is 9.66. The first-order chi connectivity index (χ1) is 8.82. The molecule has 3 atom stereocenters. The fourth-order valence-corrected chi connectivity index (χ4v) is 5.24. The number of hydrogen-bond donors (Lipinski definition) is 0. The Bertz CT molecular complexity index is 456. The molecule has 0 aliphatic heterocycles. The van der Waals surface area contributed by atoms with E-state index in [1.165, 1.54) is 12.8 Å². The van der Waals surface area contributed by atoms with E-state index in [1.807, 2.05) is 6.07 Å². The third-order valence-electron chi connectivity index (χ3n) is 4.58. The summed E-state index contributed by atoms with van der Waals surface area (Å²) in [4.78, 5) is 0.477. The smallest absolute Gasteiger partial charge is 0.127 e. The highest BCUT2D eigenvalue weighted by atomic mass is 79.9. The van der Waals surface area contributed by atoms with E-state index < -0.39 is 0 Å². The van der Waals surface area contributed by atoms with Gasteiger partial charge in [0.05, 0.1) is 0 Å². The van der Waals surface area contributed by atoms with Gasteiger partial charge in [-0.15, -0.1) is 0 Å². The topological polar surface area (TPSA) is 0 Å². The Morgan fingerprint density at radius 1 is 1.26 bits per heavy atom. The highest BCUT2D eigenvalue weighted by Crippen LogP contribution is 2.46. The van der Waals surface area contributed by atoms with Crippen LogP contribution in [0.15, 0.2) is 22.7 Å². The Kier molecular flexibility index (Phi) is 4.77. The molecule has 3 unspecified atom stereocenters. The summed E-state index contributed by atoms with van der Waals surface area (Å²) in [5.41, 5.74) is 0.674. The van der Waals surface area contributed by atoms with Crippen molar-refractivity contribution in [3.63, 3.8) is 0 Å². The zero-order valence-electron chi connectivity index (χ0n) is 11.7. The van der Waals surface area contributed by atoms with Gasteiger partial charge >= 0.3 is 0 Å². The molecule has 1 aromatic rings. The van der Waals surface area contributed by atoms with Crippen LogP contribution in [-0.2, 0) is 5.41 Å². The van der Waals surface area contributed by atoms with Gasteiger partial charge in [0.2, 0.25) is 0 Å². The number of rotatable bonds is 2. The molecule has 0 nitrogen and oxygen atoms in total. The van der Waals surface area contributed by atoms with Gasteiger partial charge < -0.3 is 0 Å². The maximum atomic E-state index is 14.2. The lowest BCUT2D eigenvalue weighted by Crippen LogP contribution is -2.39. The average molecular weight is 392 g/mol. The largest absolute Gasteiger partial charge is 0.207 e. The second-order valence-electron chi connectivity index (χ2n) is 6.39. The van der Waals surface area contributed by atoms with E-state index in [9.17, 15) is 4.39 Å². The molecule has 106 valence electrons. The average Bonchev–Trinajstić information content (AvgIpc) is 2.31. The second kappa shape index (κ2) is 5.85. The first-order valence-electron chi connectivity index (χ1n) is 6.92. The van der Waals surface area contributed by atoms with E-state index in [2.05, 4.69) is 52.6 Å². The van der Waals surface area contributed by atoms with Gasteiger partial charge in [-0.25, -0.2) is 4.39 Å². The first kappa shape index (κ1) is 15.5. The van der Waals surface area contributed by atoms with Crippen molar-refractivity contribution >= 4 is 31.9 Å². The fourth-order valence-electron chi connectivity index (χ4n) is 3.32. The van der Waals surface area contributed by atoms with E-state index in [0.717, 1.165) is 22.4 Å². The predicted molar refractivity (Wildman–Crippen MR) is 86.3 cm³/mol. The molecule has 0 amide bonds. The summed E-state index contributed by atoms with van der Waals surface area (Å²) in [6.45, 7) is 6.65. The molecule has 1 aliphatic carbocycles. The maximum absolute atomic E-state index is 14.2. The minimum absolute atomic E-state index is 0.0912. The van der Waals surface area contributed by atoms with Crippen molar-refractivity contribution in [2.24, 2.45) is 11.8 Å². The summed E-state index contributed by atoms with van der Waals surface area (Å²) in [7, 11) is 0. The van der Waals surface area contributed by atoms with Crippen LogP contribution >= 0.6 is 31.9 Å². The highest BCUT2D eigenvalue weighted by molar-refractivity contribution is 9.10. The van der Waals surface area contributed by atoms with Gasteiger partial charge in [-0.05, 0) is 53.9 Å². The molecule has 1 saturated carbocycles. The van der Waals surface area contributed by atoms with Gasteiger partial charge in [-0.2, -0.15) is 0 Å². The van der Waals surface area contributed by atoms with E-state index in [-0.39, 0.29) is 11.2 Å². The Balaban J connectivity index is 2.33. The van der Waals surface area contributed by atoms with E-state index in [0.29, 0.717) is 10.7 Å². The Morgan fingerprint density at radius 3 is 2.58 bits per heavy atom. The number of alkyl halides is 1. The van der Waals surface area contributed by atoms with Crippen molar-refractivity contribution in [1.29, 1.82) is 0 Å². The van der Waals surface area contributed by atoms with Crippen molar-refractivity contribution < 1.29 is 4.39 Å². The summed E-state index contributed by atoms with van der Waals surface area (Å²) in [5, 5.41) is 0. The van der Waals surface area contributed by atoms with Crippen LogP contribution in [-0.4, -0.2) is 4.83 Å². The molecular weight excluding hydrogens is 371 g/mol. The molecule has 0 aromatic heterocycles. The molecule has 3 heteroatoms. The lowest BCUT2D eigenvalue weighted by molar-refractivity contribution is 0.210. The standard InChI is InChI=1S/C16H21Br2F/c1-10-4-6-12(14(18)8-10)16(2,3)13-9-11(17)5-7-15(13)19/h5,7,9-10,12,14H,4,6,8H2,1-3H3. The summed E-state index contributed by atoms with van der Waals surface area (Å²) < 4.78 is 15.1. The summed E-state index contributed by atoms with van der Waals surface area (Å²) in [6.07, 6.45) is 3.59. The molecule has 0 bridgehead atoms. The normalized spacial score (nSPS) is 28.4. The van der Waals surface area contributed by atoms with Gasteiger partial charge in [0.1, 0.15) is 5.82 Å². The van der Waals surface area contributed by atoms with Gasteiger partial charge in [0, 0.05) is 9.30 Å². The molecule has 0 heterocycles. The minimum atomic E-state index is -0.151. The van der Waals surface area contributed by atoms with E-state index >= 15 is 0 Å². The highest BCUT2D eigenvalue weighted by Gasteiger charge is 2.40. The predicted octanol–water partition coefficient (Wildman–Crippen LogP) is 6.07. The van der Waals surface area contributed by atoms with E-state index in [4.69, 9.17) is 0 Å². The minimum Gasteiger partial charge on any atom is -0.207 e. The van der Waals surface area contributed by atoms with E-state index in [1.54, 1.807) is 12.1 Å². The zero-order valence-corrected chi connectivity index (χ0v) is 14.9. The lowest BCUT2D eigenvalue weighted by Gasteiger charge is -2.42. The molecule has 0 radical (unpaired) electrons. The molecular formula is C16H21Br2F. The molecule has 2 rings (SSSR count). The van der Waals surface area contributed by atoms with Crippen molar-refractivity contribution in [3.05, 3.63) is 34.1 Å². The number of halogens is 3. The van der Waals surface area contributed by atoms with Crippen LogP contribution in [0, 0.1) is 17.7 Å². The van der Waals surface area contributed by atoms with Crippen LogP contribution in [0.2, 0.25) is 0 Å². The van der Waals surface area contributed by atoms with Crippen molar-refractivity contribution in [2.75, 3.05) is 0 Å². The summed E-state index contributed by atoms with van der Waals surface area (Å²) in [6, 6.07) is 5.27. The van der Waals surface area contributed by atoms with Gasteiger partial charge in [-0.3, -0.25) is 0 Å². The van der Waals surface area contributed by atoms with Crippen LogP contribution in [0.3, 0.4) is 0 Å². The molecule has 1 aliphatic rings. The molecule has 0 saturated heterocycles. The molecule has 0 N–H and O–H groups in total. The van der Waals surface area contributed by atoms with Crippen molar-refractivity contribution in [1.82, 2.24) is 0 Å². The zero-order chi connectivity index (χ0) is 14.2. The molecule has 0 spiro atoms. The summed E-state index contributed by atoms with van der Waals surface area (Å²) >= 11 is 7.30. The van der Waals surface area contributed by atoms with Gasteiger partial charge in [0.15, 0.2) is 0 Å². The Hall–Kier alpha value is 0.110. The molecule has 1 fully saturated rings.